The van der Waals surface area contributed by atoms with Crippen molar-refractivity contribution in [2.24, 2.45) is 0 Å². The molecule has 43 heavy (non-hydrogen) atoms. The Hall–Kier alpha value is -3.43. The molecule has 4 aromatic rings. The maximum atomic E-state index is 14.1. The molecule has 1 N–H and O–H groups in total. The zero-order valence-corrected chi connectivity index (χ0v) is 26.9. The van der Waals surface area contributed by atoms with E-state index in [9.17, 15) is 18.0 Å². The standard InChI is InChI=1S/C33H35Cl2N3O4S/c1-33(2,3)36-32(40)30(19-23-11-6-5-7-12-23)38(21-27-28(34)15-10-16-29(27)35)31(39)22-37(4)43(41,42)26-18-17-24-13-8-9-14-25(24)20-26/h5-18,20,30H,19,21-22H2,1-4H3,(H,36,40)/t30-/m0/s1. The van der Waals surface area contributed by atoms with Gasteiger partial charge in [-0.3, -0.25) is 9.59 Å². The second-order valence-electron chi connectivity index (χ2n) is 11.4. The first-order valence-corrected chi connectivity index (χ1v) is 16.0. The summed E-state index contributed by atoms with van der Waals surface area (Å²) >= 11 is 13.0. The molecule has 10 heteroatoms. The quantitative estimate of drug-likeness (QED) is 0.220. The third-order valence-corrected chi connectivity index (χ3v) is 9.45. The molecule has 0 aliphatic rings. The van der Waals surface area contributed by atoms with E-state index in [1.54, 1.807) is 30.3 Å². The number of halogens is 2. The molecule has 0 fully saturated rings. The van der Waals surface area contributed by atoms with Crippen LogP contribution in [0, 0.1) is 0 Å². The Morgan fingerprint density at radius 2 is 1.44 bits per heavy atom. The van der Waals surface area contributed by atoms with Crippen LogP contribution in [0.25, 0.3) is 10.8 Å². The van der Waals surface area contributed by atoms with E-state index in [4.69, 9.17) is 23.2 Å². The molecule has 0 bridgehead atoms. The second kappa shape index (κ2) is 13.5. The zero-order valence-electron chi connectivity index (χ0n) is 24.6. The van der Waals surface area contributed by atoms with E-state index in [1.165, 1.54) is 18.0 Å². The van der Waals surface area contributed by atoms with Gasteiger partial charge in [0.2, 0.25) is 21.8 Å². The molecule has 4 rings (SSSR count). The van der Waals surface area contributed by atoms with Gasteiger partial charge in [0, 0.05) is 41.2 Å². The van der Waals surface area contributed by atoms with E-state index in [-0.39, 0.29) is 23.8 Å². The molecule has 7 nitrogen and oxygen atoms in total. The molecular weight excluding hydrogens is 605 g/mol. The number of nitrogens with zero attached hydrogens (tertiary/aromatic N) is 2. The summed E-state index contributed by atoms with van der Waals surface area (Å²) in [6.45, 7) is 4.95. The highest BCUT2D eigenvalue weighted by molar-refractivity contribution is 7.89. The fourth-order valence-corrected chi connectivity index (χ4v) is 6.41. The van der Waals surface area contributed by atoms with Crippen LogP contribution in [0.15, 0.2) is 95.9 Å². The molecule has 0 unspecified atom stereocenters. The lowest BCUT2D eigenvalue weighted by molar-refractivity contribution is -0.141. The maximum absolute atomic E-state index is 14.1. The number of rotatable bonds is 10. The van der Waals surface area contributed by atoms with E-state index < -0.39 is 34.1 Å². The van der Waals surface area contributed by atoms with Crippen LogP contribution in [0.3, 0.4) is 0 Å². The van der Waals surface area contributed by atoms with E-state index in [0.29, 0.717) is 15.6 Å². The number of fused-ring (bicyclic) bond motifs is 1. The Bertz CT molecular complexity index is 1700. The van der Waals surface area contributed by atoms with Crippen LogP contribution in [0.5, 0.6) is 0 Å². The summed E-state index contributed by atoms with van der Waals surface area (Å²) < 4.78 is 28.2. The Morgan fingerprint density at radius 3 is 2.07 bits per heavy atom. The van der Waals surface area contributed by atoms with Gasteiger partial charge >= 0.3 is 0 Å². The van der Waals surface area contributed by atoms with Crippen LogP contribution < -0.4 is 5.32 Å². The van der Waals surface area contributed by atoms with Gasteiger partial charge in [-0.1, -0.05) is 89.9 Å². The molecule has 0 aliphatic carbocycles. The normalized spacial score (nSPS) is 12.7. The second-order valence-corrected chi connectivity index (χ2v) is 14.3. The largest absolute Gasteiger partial charge is 0.350 e. The first kappa shape index (κ1) is 32.5. The molecule has 0 spiro atoms. The van der Waals surface area contributed by atoms with Gasteiger partial charge in [0.15, 0.2) is 0 Å². The van der Waals surface area contributed by atoms with E-state index in [0.717, 1.165) is 20.6 Å². The number of nitrogens with one attached hydrogen (secondary N) is 1. The van der Waals surface area contributed by atoms with E-state index >= 15 is 0 Å². The van der Waals surface area contributed by atoms with Crippen LogP contribution in [0.1, 0.15) is 31.9 Å². The van der Waals surface area contributed by atoms with Gasteiger partial charge in [-0.05, 0) is 61.4 Å². The minimum Gasteiger partial charge on any atom is -0.350 e. The number of benzene rings is 4. The van der Waals surface area contributed by atoms with Crippen LogP contribution in [-0.2, 0) is 32.6 Å². The van der Waals surface area contributed by atoms with Crippen molar-refractivity contribution < 1.29 is 18.0 Å². The first-order chi connectivity index (χ1) is 20.3. The molecule has 0 aromatic heterocycles. The minimum atomic E-state index is -4.05. The summed E-state index contributed by atoms with van der Waals surface area (Å²) in [5.41, 5.74) is 0.705. The Morgan fingerprint density at radius 1 is 0.837 bits per heavy atom. The van der Waals surface area contributed by atoms with Crippen LogP contribution >= 0.6 is 23.2 Å². The molecule has 226 valence electrons. The summed E-state index contributed by atoms with van der Waals surface area (Å²) in [5.74, 6) is -0.958. The van der Waals surface area contributed by atoms with E-state index in [1.807, 2.05) is 75.4 Å². The fourth-order valence-electron chi connectivity index (χ4n) is 4.73. The van der Waals surface area contributed by atoms with Gasteiger partial charge in [-0.15, -0.1) is 0 Å². The number of hydrogen-bond donors (Lipinski definition) is 1. The number of likely N-dealkylation sites (N-methyl/N-ethyl adjacent to an activating group) is 1. The molecule has 0 heterocycles. The molecule has 0 aliphatic heterocycles. The smallest absolute Gasteiger partial charge is 0.243 e. The summed E-state index contributed by atoms with van der Waals surface area (Å²) in [6, 6.07) is 25.6. The molecular formula is C33H35Cl2N3O4S. The van der Waals surface area contributed by atoms with Gasteiger partial charge in [0.25, 0.3) is 0 Å². The zero-order chi connectivity index (χ0) is 31.4. The van der Waals surface area contributed by atoms with Gasteiger partial charge in [-0.2, -0.15) is 4.31 Å². The molecule has 2 amide bonds. The lowest BCUT2D eigenvalue weighted by Gasteiger charge is -2.35. The fraction of sp³-hybridized carbons (Fsp3) is 0.273. The van der Waals surface area contributed by atoms with Gasteiger partial charge in [-0.25, -0.2) is 8.42 Å². The number of amides is 2. The first-order valence-electron chi connectivity index (χ1n) is 13.8. The number of carbonyl (C=O) groups excluding carboxylic acids is 2. The van der Waals surface area contributed by atoms with Crippen molar-refractivity contribution in [2.75, 3.05) is 13.6 Å². The van der Waals surface area contributed by atoms with Gasteiger partial charge < -0.3 is 10.2 Å². The lowest BCUT2D eigenvalue weighted by Crippen LogP contribution is -2.56. The third kappa shape index (κ3) is 8.15. The topological polar surface area (TPSA) is 86.8 Å². The van der Waals surface area contributed by atoms with Crippen LogP contribution in [-0.4, -0.2) is 54.6 Å². The van der Waals surface area contributed by atoms with Crippen molar-refractivity contribution in [3.8, 4) is 0 Å². The van der Waals surface area contributed by atoms with Crippen molar-refractivity contribution in [1.82, 2.24) is 14.5 Å². The minimum absolute atomic E-state index is 0.0634. The van der Waals surface area contributed by atoms with Crippen LogP contribution in [0.4, 0.5) is 0 Å². The lowest BCUT2D eigenvalue weighted by atomic mass is 10.0. The summed E-state index contributed by atoms with van der Waals surface area (Å²) in [6.07, 6.45) is 0.192. The highest BCUT2D eigenvalue weighted by atomic mass is 35.5. The Kier molecular flexibility index (Phi) is 10.2. The van der Waals surface area contributed by atoms with Crippen molar-refractivity contribution in [3.05, 3.63) is 112 Å². The predicted octanol–water partition coefficient (Wildman–Crippen LogP) is 6.32. The van der Waals surface area contributed by atoms with Crippen molar-refractivity contribution in [1.29, 1.82) is 0 Å². The predicted molar refractivity (Wildman–Crippen MR) is 173 cm³/mol. The average molecular weight is 641 g/mol. The molecule has 4 aromatic carbocycles. The molecule has 1 atom stereocenters. The highest BCUT2D eigenvalue weighted by Crippen LogP contribution is 2.28. The van der Waals surface area contributed by atoms with Gasteiger partial charge in [0.1, 0.15) is 6.04 Å². The summed E-state index contributed by atoms with van der Waals surface area (Å²) in [4.78, 5) is 29.4. The summed E-state index contributed by atoms with van der Waals surface area (Å²) in [5, 5.41) is 5.31. The summed E-state index contributed by atoms with van der Waals surface area (Å²) in [7, 11) is -2.70. The number of hydrogen-bond acceptors (Lipinski definition) is 4. The molecule has 0 saturated carbocycles. The SMILES string of the molecule is CN(CC(=O)N(Cc1c(Cl)cccc1Cl)[C@@H](Cc1ccccc1)C(=O)NC(C)(C)C)S(=O)(=O)c1ccc2ccccc2c1. The molecule has 0 saturated heterocycles. The van der Waals surface area contributed by atoms with Crippen LogP contribution in [0.2, 0.25) is 10.0 Å². The monoisotopic (exact) mass is 639 g/mol. The Balaban J connectivity index is 1.72. The Labute approximate surface area is 263 Å². The third-order valence-electron chi connectivity index (χ3n) is 6.95. The van der Waals surface area contributed by atoms with Crippen molar-refractivity contribution >= 4 is 55.8 Å². The van der Waals surface area contributed by atoms with Crippen molar-refractivity contribution in [3.63, 3.8) is 0 Å². The highest BCUT2D eigenvalue weighted by Gasteiger charge is 2.35. The average Bonchev–Trinajstić information content (AvgIpc) is 2.95. The maximum Gasteiger partial charge on any atom is 0.243 e. The van der Waals surface area contributed by atoms with E-state index in [2.05, 4.69) is 5.32 Å². The van der Waals surface area contributed by atoms with Gasteiger partial charge in [0.05, 0.1) is 11.4 Å². The molecule has 0 radical (unpaired) electrons. The van der Waals surface area contributed by atoms with Crippen molar-refractivity contribution in [2.45, 2.75) is 50.2 Å². The number of carbonyl (C=O) groups is 2. The number of sulfonamides is 1.